The van der Waals surface area contributed by atoms with Crippen LogP contribution in [0.4, 0.5) is 5.69 Å². The van der Waals surface area contributed by atoms with E-state index in [0.717, 1.165) is 0 Å². The van der Waals surface area contributed by atoms with Crippen LogP contribution in [0.5, 0.6) is 0 Å². The fourth-order valence-electron chi connectivity index (χ4n) is 1.14. The van der Waals surface area contributed by atoms with Gasteiger partial charge in [-0.25, -0.2) is 0 Å². The van der Waals surface area contributed by atoms with E-state index in [0.29, 0.717) is 11.1 Å². The van der Waals surface area contributed by atoms with Crippen molar-refractivity contribution in [2.75, 3.05) is 0 Å². The second-order valence-electron chi connectivity index (χ2n) is 3.38. The number of para-hydroxylation sites is 1. The van der Waals surface area contributed by atoms with E-state index in [1.54, 1.807) is 38.1 Å². The lowest BCUT2D eigenvalue weighted by Crippen LogP contribution is -2.01. The molecule has 1 aromatic rings. The minimum atomic E-state index is -0.593. The number of rotatable bonds is 3. The molecule has 0 fully saturated rings. The molecule has 0 radical (unpaired) electrons. The Kier molecular flexibility index (Phi) is 3.57. The van der Waals surface area contributed by atoms with E-state index in [9.17, 15) is 15.2 Å². The van der Waals surface area contributed by atoms with Gasteiger partial charge in [0.2, 0.25) is 0 Å². The quantitative estimate of drug-likeness (QED) is 0.611. The summed E-state index contributed by atoms with van der Waals surface area (Å²) in [5, 5.41) is 20.0. The van der Waals surface area contributed by atoms with Crippen molar-refractivity contribution in [2.24, 2.45) is 0 Å². The number of nitrogens with zero attached hydrogens (tertiary/aromatic N) is 1. The first-order chi connectivity index (χ1) is 7.02. The molecule has 0 saturated heterocycles. The Hall–Kier alpha value is -1.68. The molecule has 0 spiro atoms. The van der Waals surface area contributed by atoms with Gasteiger partial charge < -0.3 is 5.11 Å². The normalized spacial score (nSPS) is 13.7. The molecule has 0 saturated carbocycles. The van der Waals surface area contributed by atoms with Crippen LogP contribution < -0.4 is 0 Å². The van der Waals surface area contributed by atoms with Crippen LogP contribution in [0, 0.1) is 10.1 Å². The first kappa shape index (κ1) is 11.4. The third-order valence-corrected chi connectivity index (χ3v) is 2.18. The largest absolute Gasteiger partial charge is 0.389 e. The van der Waals surface area contributed by atoms with E-state index in [4.69, 9.17) is 0 Å². The summed E-state index contributed by atoms with van der Waals surface area (Å²) in [6.07, 6.45) is 1.04. The van der Waals surface area contributed by atoms with Crippen LogP contribution in [0.2, 0.25) is 0 Å². The number of hydrogen-bond donors (Lipinski definition) is 1. The summed E-state index contributed by atoms with van der Waals surface area (Å²) in [5.41, 5.74) is 1.27. The fraction of sp³-hybridized carbons (Fsp3) is 0.273. The van der Waals surface area contributed by atoms with Crippen LogP contribution in [0.25, 0.3) is 6.08 Å². The second-order valence-corrected chi connectivity index (χ2v) is 3.38. The first-order valence-electron chi connectivity index (χ1n) is 4.62. The highest BCUT2D eigenvalue weighted by Crippen LogP contribution is 2.21. The molecule has 0 aliphatic heterocycles. The van der Waals surface area contributed by atoms with Gasteiger partial charge in [0.1, 0.15) is 0 Å². The summed E-state index contributed by atoms with van der Waals surface area (Å²) in [7, 11) is 0. The number of hydrogen-bond acceptors (Lipinski definition) is 3. The van der Waals surface area contributed by atoms with E-state index < -0.39 is 11.0 Å². The van der Waals surface area contributed by atoms with Crippen molar-refractivity contribution in [3.8, 4) is 0 Å². The SMILES string of the molecule is C/C(=C\c1ccccc1[N+](=O)[O-])C(C)O. The van der Waals surface area contributed by atoms with E-state index in [-0.39, 0.29) is 5.69 Å². The number of nitro benzene ring substituents is 1. The predicted octanol–water partition coefficient (Wildman–Crippen LogP) is 2.38. The highest BCUT2D eigenvalue weighted by atomic mass is 16.6. The molecule has 0 aliphatic rings. The highest BCUT2D eigenvalue weighted by Gasteiger charge is 2.10. The minimum absolute atomic E-state index is 0.0532. The highest BCUT2D eigenvalue weighted by molar-refractivity contribution is 5.62. The number of benzene rings is 1. The number of nitro groups is 1. The Labute approximate surface area is 88.0 Å². The molecule has 80 valence electrons. The van der Waals surface area contributed by atoms with Gasteiger partial charge in [0.25, 0.3) is 5.69 Å². The average molecular weight is 207 g/mol. The van der Waals surface area contributed by atoms with Crippen LogP contribution in [0.3, 0.4) is 0 Å². The molecule has 1 unspecified atom stereocenters. The van der Waals surface area contributed by atoms with Crippen LogP contribution >= 0.6 is 0 Å². The van der Waals surface area contributed by atoms with Gasteiger partial charge in [-0.3, -0.25) is 10.1 Å². The van der Waals surface area contributed by atoms with Crippen LogP contribution in [-0.4, -0.2) is 16.1 Å². The summed E-state index contributed by atoms with van der Waals surface area (Å²) in [6.45, 7) is 3.36. The van der Waals surface area contributed by atoms with Gasteiger partial charge in [-0.15, -0.1) is 0 Å². The second kappa shape index (κ2) is 4.70. The summed E-state index contributed by atoms with van der Waals surface area (Å²) < 4.78 is 0. The molecule has 0 aromatic heterocycles. The van der Waals surface area contributed by atoms with Crippen molar-refractivity contribution >= 4 is 11.8 Å². The van der Waals surface area contributed by atoms with Gasteiger partial charge in [-0.05, 0) is 31.6 Å². The summed E-state index contributed by atoms with van der Waals surface area (Å²) in [5.74, 6) is 0. The smallest absolute Gasteiger partial charge is 0.276 e. The lowest BCUT2D eigenvalue weighted by atomic mass is 10.1. The molecular weight excluding hydrogens is 194 g/mol. The minimum Gasteiger partial charge on any atom is -0.389 e. The van der Waals surface area contributed by atoms with E-state index in [1.165, 1.54) is 6.07 Å². The monoisotopic (exact) mass is 207 g/mol. The number of aliphatic hydroxyl groups excluding tert-OH is 1. The Morgan fingerprint density at radius 3 is 2.67 bits per heavy atom. The topological polar surface area (TPSA) is 63.4 Å². The zero-order valence-corrected chi connectivity index (χ0v) is 8.68. The van der Waals surface area contributed by atoms with Crippen molar-refractivity contribution in [1.82, 2.24) is 0 Å². The van der Waals surface area contributed by atoms with E-state index >= 15 is 0 Å². The molecule has 0 bridgehead atoms. The summed E-state index contributed by atoms with van der Waals surface area (Å²) >= 11 is 0. The van der Waals surface area contributed by atoms with Gasteiger partial charge in [0, 0.05) is 6.07 Å². The summed E-state index contributed by atoms with van der Waals surface area (Å²) in [6, 6.07) is 6.45. The molecule has 15 heavy (non-hydrogen) atoms. The Bertz CT molecular complexity index is 397. The fourth-order valence-corrected chi connectivity index (χ4v) is 1.14. The van der Waals surface area contributed by atoms with Gasteiger partial charge in [0.05, 0.1) is 16.6 Å². The third-order valence-electron chi connectivity index (χ3n) is 2.18. The van der Waals surface area contributed by atoms with Crippen molar-refractivity contribution in [3.05, 3.63) is 45.5 Å². The maximum absolute atomic E-state index is 10.7. The maximum Gasteiger partial charge on any atom is 0.276 e. The molecule has 0 aliphatic carbocycles. The van der Waals surface area contributed by atoms with Crippen molar-refractivity contribution in [3.63, 3.8) is 0 Å². The van der Waals surface area contributed by atoms with Crippen molar-refractivity contribution in [1.29, 1.82) is 0 Å². The third kappa shape index (κ3) is 2.89. The lowest BCUT2D eigenvalue weighted by Gasteiger charge is -2.04. The molecule has 4 nitrogen and oxygen atoms in total. The standard InChI is InChI=1S/C11H13NO3/c1-8(9(2)13)7-10-5-3-4-6-11(10)12(14)15/h3-7,9,13H,1-2H3/b8-7+. The van der Waals surface area contributed by atoms with Gasteiger partial charge in [-0.1, -0.05) is 12.1 Å². The Morgan fingerprint density at radius 2 is 2.13 bits per heavy atom. The van der Waals surface area contributed by atoms with Crippen LogP contribution in [0.1, 0.15) is 19.4 Å². The predicted molar refractivity (Wildman–Crippen MR) is 58.4 cm³/mol. The van der Waals surface area contributed by atoms with Gasteiger partial charge in [-0.2, -0.15) is 0 Å². The van der Waals surface area contributed by atoms with E-state index in [1.807, 2.05) is 0 Å². The Balaban J connectivity index is 3.15. The average Bonchev–Trinajstić information content (AvgIpc) is 2.18. The molecule has 4 heteroatoms. The Morgan fingerprint density at radius 1 is 1.53 bits per heavy atom. The molecule has 1 atom stereocenters. The number of aliphatic hydroxyl groups is 1. The van der Waals surface area contributed by atoms with Crippen LogP contribution in [-0.2, 0) is 0 Å². The summed E-state index contributed by atoms with van der Waals surface area (Å²) in [4.78, 5) is 10.3. The molecule has 0 amide bonds. The van der Waals surface area contributed by atoms with Crippen LogP contribution in [0.15, 0.2) is 29.8 Å². The van der Waals surface area contributed by atoms with Crippen molar-refractivity contribution < 1.29 is 10.0 Å². The zero-order valence-electron chi connectivity index (χ0n) is 8.68. The maximum atomic E-state index is 10.7. The first-order valence-corrected chi connectivity index (χ1v) is 4.62. The molecular formula is C11H13NO3. The van der Waals surface area contributed by atoms with Gasteiger partial charge >= 0.3 is 0 Å². The molecule has 1 N–H and O–H groups in total. The van der Waals surface area contributed by atoms with Gasteiger partial charge in [0.15, 0.2) is 0 Å². The van der Waals surface area contributed by atoms with Crippen molar-refractivity contribution in [2.45, 2.75) is 20.0 Å². The van der Waals surface area contributed by atoms with E-state index in [2.05, 4.69) is 0 Å². The lowest BCUT2D eigenvalue weighted by molar-refractivity contribution is -0.385. The molecule has 0 heterocycles. The molecule has 1 aromatic carbocycles. The zero-order chi connectivity index (χ0) is 11.4. The molecule has 1 rings (SSSR count).